The van der Waals surface area contributed by atoms with Crippen molar-refractivity contribution in [3.05, 3.63) is 11.7 Å². The van der Waals surface area contributed by atoms with Crippen molar-refractivity contribution in [3.8, 4) is 0 Å². The van der Waals surface area contributed by atoms with Gasteiger partial charge < -0.3 is 10.3 Å². The summed E-state index contributed by atoms with van der Waals surface area (Å²) >= 11 is 0. The Balaban J connectivity index is 2.63. The smallest absolute Gasteiger partial charge is 0.229 e. The molecule has 0 aliphatic carbocycles. The summed E-state index contributed by atoms with van der Waals surface area (Å²) in [6.07, 6.45) is 1.71. The fourth-order valence-corrected chi connectivity index (χ4v) is 0.873. The molecule has 0 aliphatic heterocycles. The van der Waals surface area contributed by atoms with E-state index >= 15 is 0 Å². The Morgan fingerprint density at radius 3 is 2.92 bits per heavy atom. The molecule has 0 spiro atoms. The lowest BCUT2D eigenvalue weighted by molar-refractivity contribution is 0.352. The zero-order valence-electron chi connectivity index (χ0n) is 7.58. The van der Waals surface area contributed by atoms with Crippen LogP contribution in [0.25, 0.3) is 0 Å². The number of nitrogens with two attached hydrogens (primary N) is 1. The molecule has 68 valence electrons. The van der Waals surface area contributed by atoms with Gasteiger partial charge in [-0.15, -0.1) is 0 Å². The lowest BCUT2D eigenvalue weighted by Gasteiger charge is -1.98. The van der Waals surface area contributed by atoms with Gasteiger partial charge in [0.2, 0.25) is 5.89 Å². The molecular formula is C8H15N3O. The average Bonchev–Trinajstić information content (AvgIpc) is 2.52. The molecule has 2 N–H and O–H groups in total. The van der Waals surface area contributed by atoms with E-state index in [0.717, 1.165) is 12.3 Å². The van der Waals surface area contributed by atoms with Gasteiger partial charge in [0.05, 0.1) is 0 Å². The van der Waals surface area contributed by atoms with E-state index in [1.54, 1.807) is 0 Å². The van der Waals surface area contributed by atoms with Crippen LogP contribution in [0.3, 0.4) is 0 Å². The molecular weight excluding hydrogens is 154 g/mol. The van der Waals surface area contributed by atoms with Gasteiger partial charge in [0.15, 0.2) is 5.82 Å². The predicted octanol–water partition coefficient (Wildman–Crippen LogP) is 1.08. The Hall–Kier alpha value is -0.900. The van der Waals surface area contributed by atoms with E-state index in [0.29, 0.717) is 24.7 Å². The quantitative estimate of drug-likeness (QED) is 0.732. The first-order valence-electron chi connectivity index (χ1n) is 4.30. The number of aromatic nitrogens is 2. The highest BCUT2D eigenvalue weighted by Crippen LogP contribution is 2.15. The first-order chi connectivity index (χ1) is 5.77. The van der Waals surface area contributed by atoms with Crippen molar-refractivity contribution in [2.24, 2.45) is 5.73 Å². The summed E-state index contributed by atoms with van der Waals surface area (Å²) < 4.78 is 5.05. The average molecular weight is 169 g/mol. The van der Waals surface area contributed by atoms with E-state index in [9.17, 15) is 0 Å². The highest BCUT2D eigenvalue weighted by atomic mass is 16.5. The van der Waals surface area contributed by atoms with E-state index in [4.69, 9.17) is 10.3 Å². The highest BCUT2D eigenvalue weighted by molar-refractivity contribution is 4.92. The van der Waals surface area contributed by atoms with E-state index in [2.05, 4.69) is 24.0 Å². The molecule has 4 heteroatoms. The summed E-state index contributed by atoms with van der Waals surface area (Å²) in [5.74, 6) is 1.79. The molecule has 0 bridgehead atoms. The van der Waals surface area contributed by atoms with E-state index in [1.165, 1.54) is 0 Å². The molecule has 1 rings (SSSR count). The van der Waals surface area contributed by atoms with Crippen LogP contribution in [0.1, 0.15) is 37.9 Å². The molecule has 1 atom stereocenters. The summed E-state index contributed by atoms with van der Waals surface area (Å²) in [6.45, 7) is 4.73. The minimum absolute atomic E-state index is 0.351. The van der Waals surface area contributed by atoms with Gasteiger partial charge in [-0.3, -0.25) is 0 Å². The number of rotatable bonds is 4. The van der Waals surface area contributed by atoms with Gasteiger partial charge >= 0.3 is 0 Å². The van der Waals surface area contributed by atoms with Crippen molar-refractivity contribution < 1.29 is 4.52 Å². The van der Waals surface area contributed by atoms with Crippen molar-refractivity contribution in [2.75, 3.05) is 6.54 Å². The maximum Gasteiger partial charge on any atom is 0.229 e. The molecule has 0 amide bonds. The summed E-state index contributed by atoms with van der Waals surface area (Å²) in [5.41, 5.74) is 5.36. The Labute approximate surface area is 72.1 Å². The molecule has 0 radical (unpaired) electrons. The van der Waals surface area contributed by atoms with E-state index in [1.807, 2.05) is 0 Å². The number of hydrogen-bond acceptors (Lipinski definition) is 4. The molecule has 1 heterocycles. The van der Waals surface area contributed by atoms with Crippen molar-refractivity contribution in [1.82, 2.24) is 10.1 Å². The minimum atomic E-state index is 0.351. The zero-order valence-corrected chi connectivity index (χ0v) is 7.58. The van der Waals surface area contributed by atoms with Crippen LogP contribution in [0.15, 0.2) is 4.52 Å². The minimum Gasteiger partial charge on any atom is -0.339 e. The third-order valence-corrected chi connectivity index (χ3v) is 1.89. The summed E-state index contributed by atoms with van der Waals surface area (Å²) in [6, 6.07) is 0. The second-order valence-corrected chi connectivity index (χ2v) is 2.90. The van der Waals surface area contributed by atoms with Crippen LogP contribution < -0.4 is 5.73 Å². The van der Waals surface area contributed by atoms with Crippen molar-refractivity contribution >= 4 is 0 Å². The normalized spacial score (nSPS) is 13.2. The Morgan fingerprint density at radius 2 is 2.33 bits per heavy atom. The molecule has 1 aromatic heterocycles. The fourth-order valence-electron chi connectivity index (χ4n) is 0.873. The third-order valence-electron chi connectivity index (χ3n) is 1.89. The first-order valence-corrected chi connectivity index (χ1v) is 4.30. The molecule has 12 heavy (non-hydrogen) atoms. The van der Waals surface area contributed by atoms with Crippen LogP contribution in [0.2, 0.25) is 0 Å². The second-order valence-electron chi connectivity index (χ2n) is 2.90. The maximum atomic E-state index is 5.36. The van der Waals surface area contributed by atoms with Gasteiger partial charge in [-0.1, -0.05) is 19.0 Å². The Kier molecular flexibility index (Phi) is 3.22. The van der Waals surface area contributed by atoms with Crippen LogP contribution in [0, 0.1) is 0 Å². The lowest BCUT2D eigenvalue weighted by Crippen LogP contribution is -2.04. The van der Waals surface area contributed by atoms with Crippen molar-refractivity contribution in [3.63, 3.8) is 0 Å². The Morgan fingerprint density at radius 1 is 1.58 bits per heavy atom. The number of nitrogens with zero attached hydrogens (tertiary/aromatic N) is 2. The van der Waals surface area contributed by atoms with Gasteiger partial charge in [0, 0.05) is 12.3 Å². The fraction of sp³-hybridized carbons (Fsp3) is 0.750. The molecule has 0 aromatic carbocycles. The van der Waals surface area contributed by atoms with Crippen LogP contribution >= 0.6 is 0 Å². The molecule has 4 nitrogen and oxygen atoms in total. The molecule has 0 fully saturated rings. The summed E-state index contributed by atoms with van der Waals surface area (Å²) in [7, 11) is 0. The van der Waals surface area contributed by atoms with E-state index < -0.39 is 0 Å². The largest absolute Gasteiger partial charge is 0.339 e. The van der Waals surface area contributed by atoms with Crippen LogP contribution in [0.4, 0.5) is 0 Å². The van der Waals surface area contributed by atoms with Crippen molar-refractivity contribution in [1.29, 1.82) is 0 Å². The molecule has 1 aromatic rings. The first kappa shape index (κ1) is 9.19. The summed E-state index contributed by atoms with van der Waals surface area (Å²) in [4.78, 5) is 4.21. The Bertz CT molecular complexity index is 234. The molecule has 0 saturated carbocycles. The lowest BCUT2D eigenvalue weighted by atomic mass is 10.1. The standard InChI is InChI=1S/C8H15N3O/c1-3-6(2)8-10-7(4-5-9)11-12-8/h6H,3-5,9H2,1-2H3. The van der Waals surface area contributed by atoms with Gasteiger partial charge in [-0.25, -0.2) is 0 Å². The molecule has 0 saturated heterocycles. The third kappa shape index (κ3) is 2.04. The van der Waals surface area contributed by atoms with Gasteiger partial charge in [-0.2, -0.15) is 4.98 Å². The molecule has 1 unspecified atom stereocenters. The predicted molar refractivity (Wildman–Crippen MR) is 45.8 cm³/mol. The van der Waals surface area contributed by atoms with Gasteiger partial charge in [-0.05, 0) is 13.0 Å². The van der Waals surface area contributed by atoms with Gasteiger partial charge in [0.1, 0.15) is 0 Å². The molecule has 0 aliphatic rings. The second kappa shape index (κ2) is 4.21. The number of hydrogen-bond donors (Lipinski definition) is 1. The van der Waals surface area contributed by atoms with Crippen LogP contribution in [-0.4, -0.2) is 16.7 Å². The summed E-state index contributed by atoms with van der Waals surface area (Å²) in [5, 5.41) is 3.81. The van der Waals surface area contributed by atoms with Crippen LogP contribution in [-0.2, 0) is 6.42 Å². The van der Waals surface area contributed by atoms with Gasteiger partial charge in [0.25, 0.3) is 0 Å². The highest BCUT2D eigenvalue weighted by Gasteiger charge is 2.11. The van der Waals surface area contributed by atoms with Crippen molar-refractivity contribution in [2.45, 2.75) is 32.6 Å². The topological polar surface area (TPSA) is 64.9 Å². The van der Waals surface area contributed by atoms with Crippen LogP contribution in [0.5, 0.6) is 0 Å². The van der Waals surface area contributed by atoms with E-state index in [-0.39, 0.29) is 0 Å². The monoisotopic (exact) mass is 169 g/mol. The zero-order chi connectivity index (χ0) is 8.97. The maximum absolute atomic E-state index is 5.36. The SMILES string of the molecule is CCC(C)c1nc(CCN)no1.